The molecule has 5 heteroatoms. The Labute approximate surface area is 141 Å². The fraction of sp³-hybridized carbons (Fsp3) is 0.526. The minimum absolute atomic E-state index is 0.163. The summed E-state index contributed by atoms with van der Waals surface area (Å²) in [6.45, 7) is -0.172. The molecular formula is C19H22N2O3. The molecule has 1 aromatic carbocycles. The van der Waals surface area contributed by atoms with Crippen molar-refractivity contribution in [2.75, 3.05) is 11.9 Å². The molecule has 24 heavy (non-hydrogen) atoms. The van der Waals surface area contributed by atoms with Gasteiger partial charge >= 0.3 is 0 Å². The van der Waals surface area contributed by atoms with Crippen molar-refractivity contribution in [3.8, 4) is 0 Å². The van der Waals surface area contributed by atoms with E-state index in [0.717, 1.165) is 30.6 Å². The molecule has 2 unspecified atom stereocenters. The lowest BCUT2D eigenvalue weighted by atomic mass is 9.81. The van der Waals surface area contributed by atoms with Crippen LogP contribution in [0.25, 0.3) is 0 Å². The second-order valence-electron chi connectivity index (χ2n) is 7.20. The molecule has 0 spiro atoms. The van der Waals surface area contributed by atoms with Crippen LogP contribution in [0.5, 0.6) is 0 Å². The molecule has 5 nitrogen and oxygen atoms in total. The maximum atomic E-state index is 12.4. The van der Waals surface area contributed by atoms with Gasteiger partial charge in [0, 0.05) is 5.69 Å². The molecule has 2 atom stereocenters. The van der Waals surface area contributed by atoms with E-state index in [1.165, 1.54) is 18.4 Å². The molecular weight excluding hydrogens is 304 g/mol. The molecule has 3 fully saturated rings. The van der Waals surface area contributed by atoms with Crippen LogP contribution < -0.4 is 5.32 Å². The minimum atomic E-state index is -0.311. The van der Waals surface area contributed by atoms with Crippen LogP contribution >= 0.6 is 0 Å². The molecule has 3 amide bonds. The first-order chi connectivity index (χ1) is 11.6. The average molecular weight is 326 g/mol. The summed E-state index contributed by atoms with van der Waals surface area (Å²) >= 11 is 0. The zero-order chi connectivity index (χ0) is 16.7. The third-order valence-electron chi connectivity index (χ3n) is 5.48. The van der Waals surface area contributed by atoms with Gasteiger partial charge in [0.1, 0.15) is 6.54 Å². The fourth-order valence-electron chi connectivity index (χ4n) is 3.99. The van der Waals surface area contributed by atoms with Crippen molar-refractivity contribution in [1.29, 1.82) is 0 Å². The van der Waals surface area contributed by atoms with Crippen molar-refractivity contribution in [3.05, 3.63) is 29.8 Å². The van der Waals surface area contributed by atoms with E-state index >= 15 is 0 Å². The number of benzene rings is 1. The van der Waals surface area contributed by atoms with Crippen molar-refractivity contribution in [3.63, 3.8) is 0 Å². The van der Waals surface area contributed by atoms with Gasteiger partial charge in [-0.3, -0.25) is 19.3 Å². The molecule has 2 aliphatic carbocycles. The summed E-state index contributed by atoms with van der Waals surface area (Å²) in [4.78, 5) is 38.2. The van der Waals surface area contributed by atoms with Gasteiger partial charge in [-0.25, -0.2) is 0 Å². The maximum Gasteiger partial charge on any atom is 0.244 e. The first-order valence-corrected chi connectivity index (χ1v) is 8.88. The van der Waals surface area contributed by atoms with Gasteiger partial charge < -0.3 is 5.32 Å². The van der Waals surface area contributed by atoms with Crippen molar-refractivity contribution in [2.45, 2.75) is 44.4 Å². The van der Waals surface area contributed by atoms with Gasteiger partial charge in [-0.1, -0.05) is 25.0 Å². The van der Waals surface area contributed by atoms with Gasteiger partial charge in [-0.05, 0) is 49.3 Å². The number of nitrogens with zero attached hydrogens (tertiary/aromatic N) is 1. The number of hydrogen-bond acceptors (Lipinski definition) is 3. The van der Waals surface area contributed by atoms with Gasteiger partial charge in [0.2, 0.25) is 17.7 Å². The lowest BCUT2D eigenvalue weighted by Gasteiger charge is -2.19. The van der Waals surface area contributed by atoms with Gasteiger partial charge in [0.25, 0.3) is 0 Å². The Bertz CT molecular complexity index is 654. The molecule has 1 heterocycles. The smallest absolute Gasteiger partial charge is 0.244 e. The number of rotatable bonds is 4. The molecule has 1 N–H and O–H groups in total. The zero-order valence-corrected chi connectivity index (χ0v) is 13.7. The molecule has 4 rings (SSSR count). The topological polar surface area (TPSA) is 66.5 Å². The Hall–Kier alpha value is -2.17. The predicted molar refractivity (Wildman–Crippen MR) is 89.2 cm³/mol. The van der Waals surface area contributed by atoms with Crippen molar-refractivity contribution in [1.82, 2.24) is 4.90 Å². The Balaban J connectivity index is 1.38. The minimum Gasteiger partial charge on any atom is -0.325 e. The highest BCUT2D eigenvalue weighted by atomic mass is 16.2. The number of hydrogen-bond donors (Lipinski definition) is 1. The number of likely N-dealkylation sites (tertiary alicyclic amines) is 1. The highest BCUT2D eigenvalue weighted by Crippen LogP contribution is 2.40. The van der Waals surface area contributed by atoms with Gasteiger partial charge in [0.15, 0.2) is 0 Å². The molecule has 1 saturated heterocycles. The van der Waals surface area contributed by atoms with E-state index in [1.54, 1.807) is 0 Å². The van der Waals surface area contributed by atoms with E-state index < -0.39 is 0 Å². The molecule has 1 aromatic rings. The number of amides is 3. The molecule has 1 aliphatic heterocycles. The Morgan fingerprint density at radius 1 is 0.958 bits per heavy atom. The van der Waals surface area contributed by atoms with Crippen LogP contribution in [0.4, 0.5) is 5.69 Å². The lowest BCUT2D eigenvalue weighted by Crippen LogP contribution is -2.38. The average Bonchev–Trinajstić information content (AvgIpc) is 3.41. The standard InChI is InChI=1S/C19H22N2O3/c22-17(20-14-9-7-13(8-10-14)12-5-6-12)11-21-18(23)15-3-1-2-4-16(15)19(21)24/h7-10,12,15-16H,1-6,11H2,(H,20,22). The highest BCUT2D eigenvalue weighted by Gasteiger charge is 2.48. The summed E-state index contributed by atoms with van der Waals surface area (Å²) in [5.41, 5.74) is 2.02. The summed E-state index contributed by atoms with van der Waals surface area (Å²) in [6.07, 6.45) is 6.02. The van der Waals surface area contributed by atoms with Crippen LogP contribution in [-0.2, 0) is 14.4 Å². The second kappa shape index (κ2) is 6.04. The van der Waals surface area contributed by atoms with Crippen LogP contribution in [0, 0.1) is 11.8 Å². The summed E-state index contributed by atoms with van der Waals surface area (Å²) in [7, 11) is 0. The van der Waals surface area contributed by atoms with Crippen LogP contribution in [-0.4, -0.2) is 29.2 Å². The third-order valence-corrected chi connectivity index (χ3v) is 5.48. The van der Waals surface area contributed by atoms with Crippen LogP contribution in [0.15, 0.2) is 24.3 Å². The van der Waals surface area contributed by atoms with Gasteiger partial charge in [0.05, 0.1) is 11.8 Å². The molecule has 2 saturated carbocycles. The Morgan fingerprint density at radius 2 is 1.54 bits per heavy atom. The van der Waals surface area contributed by atoms with E-state index in [-0.39, 0.29) is 36.1 Å². The van der Waals surface area contributed by atoms with Crippen LogP contribution in [0.3, 0.4) is 0 Å². The molecule has 3 aliphatic rings. The summed E-state index contributed by atoms with van der Waals surface area (Å²) in [5, 5.41) is 2.79. The molecule has 0 aromatic heterocycles. The number of fused-ring (bicyclic) bond motifs is 1. The number of nitrogens with one attached hydrogen (secondary N) is 1. The van der Waals surface area contributed by atoms with Crippen LogP contribution in [0.1, 0.15) is 50.0 Å². The Morgan fingerprint density at radius 3 is 2.08 bits per heavy atom. The van der Waals surface area contributed by atoms with E-state index in [4.69, 9.17) is 0 Å². The molecule has 126 valence electrons. The molecule has 0 bridgehead atoms. The predicted octanol–water partition coefficient (Wildman–Crippen LogP) is 2.68. The number of carbonyl (C=O) groups excluding carboxylic acids is 3. The first-order valence-electron chi connectivity index (χ1n) is 8.88. The molecule has 0 radical (unpaired) electrons. The van der Waals surface area contributed by atoms with Gasteiger partial charge in [-0.15, -0.1) is 0 Å². The monoisotopic (exact) mass is 326 g/mol. The van der Waals surface area contributed by atoms with E-state index in [1.807, 2.05) is 24.3 Å². The normalized spacial score (nSPS) is 26.4. The summed E-state index contributed by atoms with van der Waals surface area (Å²) < 4.78 is 0. The fourth-order valence-corrected chi connectivity index (χ4v) is 3.99. The lowest BCUT2D eigenvalue weighted by molar-refractivity contribution is -0.142. The quantitative estimate of drug-likeness (QED) is 0.865. The summed E-state index contributed by atoms with van der Waals surface area (Å²) in [5.74, 6) is -0.353. The zero-order valence-electron chi connectivity index (χ0n) is 13.7. The van der Waals surface area contributed by atoms with Crippen molar-refractivity contribution < 1.29 is 14.4 Å². The van der Waals surface area contributed by atoms with Gasteiger partial charge in [-0.2, -0.15) is 0 Å². The van der Waals surface area contributed by atoms with Crippen LogP contribution in [0.2, 0.25) is 0 Å². The first kappa shape index (κ1) is 15.4. The third kappa shape index (κ3) is 2.83. The Kier molecular flexibility index (Phi) is 3.87. The number of carbonyl (C=O) groups is 3. The largest absolute Gasteiger partial charge is 0.325 e. The van der Waals surface area contributed by atoms with Crippen molar-refractivity contribution in [2.24, 2.45) is 11.8 Å². The highest BCUT2D eigenvalue weighted by molar-refractivity contribution is 6.08. The number of imide groups is 1. The van der Waals surface area contributed by atoms with Crippen molar-refractivity contribution >= 4 is 23.4 Å². The maximum absolute atomic E-state index is 12.4. The SMILES string of the molecule is O=C(CN1C(=O)C2CCCCC2C1=O)Nc1ccc(C2CC2)cc1. The second-order valence-corrected chi connectivity index (χ2v) is 7.20. The van der Waals surface area contributed by atoms with E-state index in [0.29, 0.717) is 11.6 Å². The number of anilines is 1. The van der Waals surface area contributed by atoms with E-state index in [9.17, 15) is 14.4 Å². The van der Waals surface area contributed by atoms with E-state index in [2.05, 4.69) is 5.32 Å². The summed E-state index contributed by atoms with van der Waals surface area (Å²) in [6, 6.07) is 7.85.